The van der Waals surface area contributed by atoms with Gasteiger partial charge >= 0.3 is 6.03 Å². The van der Waals surface area contributed by atoms with Gasteiger partial charge in [0.1, 0.15) is 11.4 Å². The number of nitrogens with one attached hydrogen (secondary N) is 1. The van der Waals surface area contributed by atoms with E-state index in [9.17, 15) is 9.18 Å². The molecule has 1 fully saturated rings. The van der Waals surface area contributed by atoms with Crippen LogP contribution in [-0.2, 0) is 0 Å². The second-order valence-corrected chi connectivity index (χ2v) is 10.1. The van der Waals surface area contributed by atoms with Gasteiger partial charge in [0.15, 0.2) is 0 Å². The normalized spacial score (nSPS) is 22.2. The van der Waals surface area contributed by atoms with Gasteiger partial charge in [0.25, 0.3) is 5.88 Å². The van der Waals surface area contributed by atoms with Crippen molar-refractivity contribution >= 4 is 11.7 Å². The summed E-state index contributed by atoms with van der Waals surface area (Å²) in [7, 11) is 1.59. The van der Waals surface area contributed by atoms with Crippen LogP contribution in [0.1, 0.15) is 70.5 Å². The Kier molecular flexibility index (Phi) is 7.17. The summed E-state index contributed by atoms with van der Waals surface area (Å²) in [5, 5.41) is 3.13. The third-order valence-corrected chi connectivity index (χ3v) is 7.39. The summed E-state index contributed by atoms with van der Waals surface area (Å²) < 4.78 is 28.3. The van der Waals surface area contributed by atoms with Crippen molar-refractivity contribution in [3.8, 4) is 22.9 Å². The molecule has 1 saturated carbocycles. The molecule has 10 heteroatoms. The molecule has 1 aliphatic heterocycles. The van der Waals surface area contributed by atoms with Crippen molar-refractivity contribution in [3.05, 3.63) is 36.5 Å². The number of imidazole rings is 1. The van der Waals surface area contributed by atoms with Gasteiger partial charge in [-0.1, -0.05) is 6.42 Å². The van der Waals surface area contributed by atoms with Crippen LogP contribution in [0.3, 0.4) is 0 Å². The molecular formula is C27H35FN6O3. The fourth-order valence-corrected chi connectivity index (χ4v) is 5.04. The number of pyridine rings is 1. The monoisotopic (exact) mass is 510 g/mol. The van der Waals surface area contributed by atoms with Crippen LogP contribution in [0.15, 0.2) is 30.9 Å². The smallest absolute Gasteiger partial charge is 0.318 e. The number of fused-ring (bicyclic) bond motifs is 7. The first-order valence-corrected chi connectivity index (χ1v) is 13.2. The summed E-state index contributed by atoms with van der Waals surface area (Å²) >= 11 is 0. The van der Waals surface area contributed by atoms with Gasteiger partial charge in [-0.25, -0.2) is 19.2 Å². The standard InChI is InChI=1S/C27H35FN6O3/c1-4-34-18(2)21-14-20(23(36-3)16-30-21)22-17-33-12-11-29-24(33)25(32-22)37-13-7-5-6-8-19(31-26(34)35)15-27(28)9-10-27/h11-12,14,16-19H,4-10,13,15H2,1-3H3,(H,31,35)/t18-,19?/m1/s1. The second-order valence-electron chi connectivity index (χ2n) is 10.1. The summed E-state index contributed by atoms with van der Waals surface area (Å²) in [5.41, 5.74) is 1.61. The van der Waals surface area contributed by atoms with E-state index in [4.69, 9.17) is 14.5 Å². The molecule has 2 amide bonds. The largest absolute Gasteiger partial charge is 0.494 e. The van der Waals surface area contributed by atoms with Gasteiger partial charge in [-0.05, 0) is 52.0 Å². The Bertz CT molecular complexity index is 1260. The zero-order chi connectivity index (χ0) is 26.0. The lowest BCUT2D eigenvalue weighted by molar-refractivity contribution is 0.170. The van der Waals surface area contributed by atoms with E-state index in [1.54, 1.807) is 24.4 Å². The number of urea groups is 1. The molecule has 5 rings (SSSR count). The summed E-state index contributed by atoms with van der Waals surface area (Å²) in [6, 6.07) is 1.18. The number of carbonyl (C=O) groups is 1. The fraction of sp³-hybridized carbons (Fsp3) is 0.556. The summed E-state index contributed by atoms with van der Waals surface area (Å²) in [6.45, 7) is 4.86. The number of alkyl halides is 1. The van der Waals surface area contributed by atoms with Crippen LogP contribution in [-0.4, -0.2) is 62.3 Å². The lowest BCUT2D eigenvalue weighted by Crippen LogP contribution is -2.46. The highest BCUT2D eigenvalue weighted by Crippen LogP contribution is 2.44. The third kappa shape index (κ3) is 5.47. The van der Waals surface area contributed by atoms with Gasteiger partial charge < -0.3 is 24.1 Å². The van der Waals surface area contributed by atoms with E-state index >= 15 is 0 Å². The van der Waals surface area contributed by atoms with E-state index in [2.05, 4.69) is 15.3 Å². The summed E-state index contributed by atoms with van der Waals surface area (Å²) in [4.78, 5) is 29.0. The molecule has 3 aromatic heterocycles. The average molecular weight is 511 g/mol. The molecule has 0 spiro atoms. The maximum Gasteiger partial charge on any atom is 0.318 e. The number of methoxy groups -OCH3 is 1. The molecule has 4 bridgehead atoms. The number of hydrogen-bond donors (Lipinski definition) is 1. The van der Waals surface area contributed by atoms with Crippen molar-refractivity contribution in [3.63, 3.8) is 0 Å². The van der Waals surface area contributed by atoms with Crippen molar-refractivity contribution in [2.45, 2.75) is 76.5 Å². The highest BCUT2D eigenvalue weighted by atomic mass is 19.1. The Morgan fingerprint density at radius 1 is 1.27 bits per heavy atom. The van der Waals surface area contributed by atoms with Gasteiger partial charge in [0.05, 0.1) is 37.3 Å². The zero-order valence-corrected chi connectivity index (χ0v) is 21.7. The number of hydrogen-bond acceptors (Lipinski definition) is 6. The zero-order valence-electron chi connectivity index (χ0n) is 21.7. The first-order valence-electron chi connectivity index (χ1n) is 13.2. The Morgan fingerprint density at radius 3 is 2.86 bits per heavy atom. The molecule has 1 aliphatic carbocycles. The van der Waals surface area contributed by atoms with Gasteiger partial charge in [-0.15, -0.1) is 0 Å². The first-order chi connectivity index (χ1) is 17.9. The van der Waals surface area contributed by atoms with E-state index in [1.165, 1.54) is 0 Å². The molecule has 1 unspecified atom stereocenters. The first kappa shape index (κ1) is 25.2. The molecule has 3 aromatic rings. The predicted octanol–water partition coefficient (Wildman–Crippen LogP) is 5.11. The molecule has 2 atom stereocenters. The molecule has 0 saturated heterocycles. The van der Waals surface area contributed by atoms with E-state index in [-0.39, 0.29) is 18.1 Å². The summed E-state index contributed by atoms with van der Waals surface area (Å²) in [6.07, 6.45) is 12.0. The molecule has 9 nitrogen and oxygen atoms in total. The fourth-order valence-electron chi connectivity index (χ4n) is 5.04. The maximum absolute atomic E-state index is 14.7. The minimum Gasteiger partial charge on any atom is -0.494 e. The number of nitrogens with zero attached hydrogens (tertiary/aromatic N) is 5. The van der Waals surface area contributed by atoms with Gasteiger partial charge in [0, 0.05) is 43.2 Å². The van der Waals surface area contributed by atoms with E-state index in [1.807, 2.05) is 36.7 Å². The highest BCUT2D eigenvalue weighted by Gasteiger charge is 2.45. The molecule has 37 heavy (non-hydrogen) atoms. The van der Waals surface area contributed by atoms with E-state index in [0.717, 1.165) is 31.2 Å². The van der Waals surface area contributed by atoms with E-state index in [0.29, 0.717) is 61.1 Å². The molecule has 198 valence electrons. The molecule has 4 heterocycles. The van der Waals surface area contributed by atoms with Gasteiger partial charge in [-0.2, -0.15) is 0 Å². The lowest BCUT2D eigenvalue weighted by atomic mass is 10.0. The van der Waals surface area contributed by atoms with Crippen LogP contribution in [0.4, 0.5) is 9.18 Å². The second kappa shape index (κ2) is 10.5. The van der Waals surface area contributed by atoms with Crippen molar-refractivity contribution in [1.29, 1.82) is 0 Å². The predicted molar refractivity (Wildman–Crippen MR) is 138 cm³/mol. The van der Waals surface area contributed by atoms with Crippen LogP contribution in [0.5, 0.6) is 11.6 Å². The molecule has 2 aliphatic rings. The topological polar surface area (TPSA) is 93.9 Å². The molecule has 1 N–H and O–H groups in total. The van der Waals surface area contributed by atoms with E-state index < -0.39 is 5.67 Å². The van der Waals surface area contributed by atoms with Crippen LogP contribution < -0.4 is 14.8 Å². The molecular weight excluding hydrogens is 475 g/mol. The number of rotatable bonds is 4. The Labute approximate surface area is 216 Å². The number of aromatic nitrogens is 4. The number of halogens is 1. The summed E-state index contributed by atoms with van der Waals surface area (Å²) in [5.74, 6) is 1.02. The van der Waals surface area contributed by atoms with Crippen LogP contribution in [0.2, 0.25) is 0 Å². The Hall–Kier alpha value is -3.43. The third-order valence-electron chi connectivity index (χ3n) is 7.39. The number of ether oxygens (including phenoxy) is 2. The SMILES string of the molecule is CCN1C(=O)NC(CC2(F)CC2)CCCCCOc2nc(cn3ccnc23)-c2cc(ncc2OC)[C@H]1C. The van der Waals surface area contributed by atoms with Crippen LogP contribution >= 0.6 is 0 Å². The van der Waals surface area contributed by atoms with Crippen LogP contribution in [0, 0.1) is 0 Å². The quantitative estimate of drug-likeness (QED) is 0.525. The average Bonchev–Trinajstić information content (AvgIpc) is 3.41. The minimum atomic E-state index is -1.14. The Balaban J connectivity index is 1.53. The van der Waals surface area contributed by atoms with Crippen molar-refractivity contribution in [1.82, 2.24) is 29.6 Å². The van der Waals surface area contributed by atoms with Crippen LogP contribution in [0.25, 0.3) is 16.9 Å². The maximum atomic E-state index is 14.7. The number of carbonyl (C=O) groups excluding carboxylic acids is 1. The molecule has 0 aromatic carbocycles. The number of amides is 2. The van der Waals surface area contributed by atoms with Gasteiger partial charge in [-0.3, -0.25) is 4.98 Å². The van der Waals surface area contributed by atoms with Crippen molar-refractivity contribution in [2.75, 3.05) is 20.3 Å². The Morgan fingerprint density at radius 2 is 2.11 bits per heavy atom. The molecule has 0 radical (unpaired) electrons. The lowest BCUT2D eigenvalue weighted by Gasteiger charge is -2.31. The minimum absolute atomic E-state index is 0.198. The van der Waals surface area contributed by atoms with Crippen molar-refractivity contribution in [2.24, 2.45) is 0 Å². The van der Waals surface area contributed by atoms with Crippen molar-refractivity contribution < 1.29 is 18.7 Å². The van der Waals surface area contributed by atoms with Gasteiger partial charge in [0.2, 0.25) is 5.65 Å². The highest BCUT2D eigenvalue weighted by molar-refractivity contribution is 5.75.